The van der Waals surface area contributed by atoms with Crippen LogP contribution in [-0.2, 0) is 28.6 Å². The van der Waals surface area contributed by atoms with Gasteiger partial charge in [0.1, 0.15) is 13.2 Å². The van der Waals surface area contributed by atoms with Crippen LogP contribution in [0.25, 0.3) is 0 Å². The van der Waals surface area contributed by atoms with E-state index in [0.717, 1.165) is 57.8 Å². The topological polar surface area (TPSA) is 78.9 Å². The summed E-state index contributed by atoms with van der Waals surface area (Å²) >= 11 is 0. The second kappa shape index (κ2) is 69.6. The third-order valence-corrected chi connectivity index (χ3v) is 17.0. The maximum atomic E-state index is 12.9. The highest BCUT2D eigenvalue weighted by molar-refractivity contribution is 5.71. The first-order valence-corrected chi connectivity index (χ1v) is 36.7. The van der Waals surface area contributed by atoms with Crippen molar-refractivity contribution in [3.63, 3.8) is 0 Å². The van der Waals surface area contributed by atoms with Crippen molar-refractivity contribution in [3.05, 3.63) is 12.2 Å². The third kappa shape index (κ3) is 66.9. The van der Waals surface area contributed by atoms with E-state index in [1.54, 1.807) is 0 Å². The number of hydrogen-bond acceptors (Lipinski definition) is 6. The molecule has 0 saturated heterocycles. The van der Waals surface area contributed by atoms with Gasteiger partial charge < -0.3 is 14.2 Å². The van der Waals surface area contributed by atoms with Gasteiger partial charge in [0, 0.05) is 19.3 Å². The Labute approximate surface area is 501 Å². The van der Waals surface area contributed by atoms with Gasteiger partial charge in [-0.25, -0.2) is 0 Å². The van der Waals surface area contributed by atoms with E-state index in [4.69, 9.17) is 14.2 Å². The van der Waals surface area contributed by atoms with Crippen LogP contribution in [0.3, 0.4) is 0 Å². The smallest absolute Gasteiger partial charge is 0.306 e. The number of carbonyl (C=O) groups excluding carboxylic acids is 3. The molecule has 6 heteroatoms. The molecule has 0 bridgehead atoms. The molecule has 0 amide bonds. The maximum Gasteiger partial charge on any atom is 0.306 e. The molecule has 0 radical (unpaired) electrons. The molecule has 0 spiro atoms. The highest BCUT2D eigenvalue weighted by Gasteiger charge is 2.20. The van der Waals surface area contributed by atoms with Crippen molar-refractivity contribution in [2.24, 2.45) is 0 Å². The van der Waals surface area contributed by atoms with Crippen molar-refractivity contribution in [2.45, 2.75) is 431 Å². The van der Waals surface area contributed by atoms with E-state index in [2.05, 4.69) is 32.9 Å². The zero-order valence-electron chi connectivity index (χ0n) is 54.6. The SMILES string of the molecule is CCCCCCCCCC/C=C\CCCCCCCCCCCCCCCC(=O)OC(COC(=O)CCCCCCCCCC)COC(=O)CCCCCCCCCCCCCCCCCCCCCCCCCCCCCCC. The van der Waals surface area contributed by atoms with Crippen molar-refractivity contribution < 1.29 is 28.6 Å². The van der Waals surface area contributed by atoms with Crippen LogP contribution in [0.15, 0.2) is 12.2 Å². The Morgan fingerprint density at radius 3 is 0.625 bits per heavy atom. The van der Waals surface area contributed by atoms with E-state index in [0.29, 0.717) is 19.3 Å². The van der Waals surface area contributed by atoms with Gasteiger partial charge in [0.2, 0.25) is 0 Å². The monoisotopic (exact) mass is 1130 g/mol. The van der Waals surface area contributed by atoms with Crippen molar-refractivity contribution in [2.75, 3.05) is 13.2 Å². The molecule has 0 saturated carbocycles. The summed E-state index contributed by atoms with van der Waals surface area (Å²) in [6.45, 7) is 6.70. The second-order valence-corrected chi connectivity index (χ2v) is 25.2. The van der Waals surface area contributed by atoms with E-state index in [-0.39, 0.29) is 31.1 Å². The molecule has 0 heterocycles. The first kappa shape index (κ1) is 78.1. The van der Waals surface area contributed by atoms with Crippen LogP contribution >= 0.6 is 0 Å². The zero-order valence-corrected chi connectivity index (χ0v) is 54.6. The minimum Gasteiger partial charge on any atom is -0.462 e. The Kier molecular flexibility index (Phi) is 68.0. The van der Waals surface area contributed by atoms with Gasteiger partial charge in [0.15, 0.2) is 6.10 Å². The summed E-state index contributed by atoms with van der Waals surface area (Å²) in [5, 5.41) is 0. The molecule has 0 N–H and O–H groups in total. The summed E-state index contributed by atoms with van der Waals surface area (Å²) in [6, 6.07) is 0. The lowest BCUT2D eigenvalue weighted by Gasteiger charge is -2.18. The van der Waals surface area contributed by atoms with Crippen LogP contribution in [0.4, 0.5) is 0 Å². The van der Waals surface area contributed by atoms with Crippen LogP contribution in [-0.4, -0.2) is 37.2 Å². The molecule has 0 aliphatic carbocycles. The van der Waals surface area contributed by atoms with Crippen molar-refractivity contribution in [1.82, 2.24) is 0 Å². The predicted molar refractivity (Wildman–Crippen MR) is 349 cm³/mol. The summed E-state index contributed by atoms with van der Waals surface area (Å²) in [7, 11) is 0. The fourth-order valence-electron chi connectivity index (χ4n) is 11.5. The standard InChI is InChI=1S/C74H142O6/c1-4-7-10-13-16-19-21-23-25-27-29-31-33-35-36-37-38-40-41-43-45-47-49-51-53-55-58-61-64-67-73(76)79-70-71(69-78-72(75)66-63-60-57-18-15-12-9-6-3)80-74(77)68-65-62-59-56-54-52-50-48-46-44-42-39-34-32-30-28-26-24-22-20-17-14-11-8-5-2/h28,30,71H,4-27,29,31-70H2,1-3H3/b30-28-. The van der Waals surface area contributed by atoms with Gasteiger partial charge >= 0.3 is 17.9 Å². The van der Waals surface area contributed by atoms with Crippen molar-refractivity contribution >= 4 is 17.9 Å². The molecule has 0 aromatic heterocycles. The third-order valence-electron chi connectivity index (χ3n) is 17.0. The quantitative estimate of drug-likeness (QED) is 0.0261. The van der Waals surface area contributed by atoms with Gasteiger partial charge in [0.25, 0.3) is 0 Å². The number of ether oxygens (including phenoxy) is 3. The van der Waals surface area contributed by atoms with Gasteiger partial charge in [-0.05, 0) is 44.9 Å². The van der Waals surface area contributed by atoms with Crippen LogP contribution < -0.4 is 0 Å². The summed E-state index contributed by atoms with van der Waals surface area (Å²) < 4.78 is 16.9. The van der Waals surface area contributed by atoms with Crippen LogP contribution in [0.2, 0.25) is 0 Å². The van der Waals surface area contributed by atoms with E-state index in [1.165, 1.54) is 327 Å². The largest absolute Gasteiger partial charge is 0.462 e. The van der Waals surface area contributed by atoms with Crippen LogP contribution in [0, 0.1) is 0 Å². The van der Waals surface area contributed by atoms with Gasteiger partial charge in [-0.1, -0.05) is 373 Å². The lowest BCUT2D eigenvalue weighted by molar-refractivity contribution is -0.167. The summed E-state index contributed by atoms with van der Waals surface area (Å²) in [5.41, 5.74) is 0. The number of unbranched alkanes of at least 4 members (excludes halogenated alkanes) is 56. The van der Waals surface area contributed by atoms with Gasteiger partial charge in [0.05, 0.1) is 0 Å². The number of hydrogen-bond donors (Lipinski definition) is 0. The molecule has 474 valence electrons. The molecule has 6 nitrogen and oxygen atoms in total. The fraction of sp³-hybridized carbons (Fsp3) is 0.932. The molecule has 0 aliphatic rings. The predicted octanol–water partition coefficient (Wildman–Crippen LogP) is 25.2. The average Bonchev–Trinajstić information content (AvgIpc) is 3.46. The Bertz CT molecular complexity index is 1250. The first-order chi connectivity index (χ1) is 39.5. The molecule has 80 heavy (non-hydrogen) atoms. The second-order valence-electron chi connectivity index (χ2n) is 25.2. The lowest BCUT2D eigenvalue weighted by Crippen LogP contribution is -2.30. The number of allylic oxidation sites excluding steroid dienone is 2. The van der Waals surface area contributed by atoms with Crippen molar-refractivity contribution in [1.29, 1.82) is 0 Å². The molecule has 1 unspecified atom stereocenters. The number of esters is 3. The highest BCUT2D eigenvalue weighted by Crippen LogP contribution is 2.19. The Hall–Kier alpha value is -1.85. The normalized spacial score (nSPS) is 12.0. The van der Waals surface area contributed by atoms with Crippen LogP contribution in [0.5, 0.6) is 0 Å². The minimum atomic E-state index is -0.765. The van der Waals surface area contributed by atoms with Gasteiger partial charge in [-0.3, -0.25) is 14.4 Å². The molecule has 0 aromatic carbocycles. The molecule has 0 rings (SSSR count). The molecule has 0 fully saturated rings. The summed E-state index contributed by atoms with van der Waals surface area (Å²) in [4.78, 5) is 38.3. The Morgan fingerprint density at radius 2 is 0.412 bits per heavy atom. The van der Waals surface area contributed by atoms with E-state index in [1.807, 2.05) is 0 Å². The maximum absolute atomic E-state index is 12.9. The zero-order chi connectivity index (χ0) is 57.8. The number of carbonyl (C=O) groups is 3. The van der Waals surface area contributed by atoms with Crippen molar-refractivity contribution in [3.8, 4) is 0 Å². The summed E-state index contributed by atoms with van der Waals surface area (Å²) in [5.74, 6) is -0.835. The summed E-state index contributed by atoms with van der Waals surface area (Å²) in [6.07, 6.45) is 84.3. The number of rotatable bonds is 69. The van der Waals surface area contributed by atoms with Gasteiger partial charge in [-0.2, -0.15) is 0 Å². The molecule has 0 aliphatic heterocycles. The van der Waals surface area contributed by atoms with Crippen LogP contribution in [0.1, 0.15) is 425 Å². The molecule has 0 aromatic rings. The fourth-order valence-corrected chi connectivity index (χ4v) is 11.5. The average molecular weight is 1130 g/mol. The Morgan fingerprint density at radius 1 is 0.237 bits per heavy atom. The van der Waals surface area contributed by atoms with Gasteiger partial charge in [-0.15, -0.1) is 0 Å². The Balaban J connectivity index is 4.02. The van der Waals surface area contributed by atoms with E-state index in [9.17, 15) is 14.4 Å². The first-order valence-electron chi connectivity index (χ1n) is 36.7. The van der Waals surface area contributed by atoms with E-state index < -0.39 is 6.10 Å². The molecular formula is C74H142O6. The molecule has 1 atom stereocenters. The van der Waals surface area contributed by atoms with E-state index >= 15 is 0 Å². The molecular weight excluding hydrogens is 985 g/mol. The highest BCUT2D eigenvalue weighted by atomic mass is 16.6. The lowest BCUT2D eigenvalue weighted by atomic mass is 10.0. The minimum absolute atomic E-state index is 0.0632.